The number of H-pyrrole nitrogens is 1. The van der Waals surface area contributed by atoms with Crippen molar-refractivity contribution in [2.45, 2.75) is 13.0 Å². The van der Waals surface area contributed by atoms with Crippen LogP contribution in [0.3, 0.4) is 0 Å². The topological polar surface area (TPSA) is 156 Å². The summed E-state index contributed by atoms with van der Waals surface area (Å²) in [6.45, 7) is 5.53. The van der Waals surface area contributed by atoms with E-state index < -0.39 is 19.5 Å². The molecule has 2 aromatic rings. The number of anilines is 1. The highest BCUT2D eigenvalue weighted by Crippen LogP contribution is 2.34. The lowest BCUT2D eigenvalue weighted by molar-refractivity contribution is 0.173. The number of nitrogens with one attached hydrogen (secondary N) is 1. The average molecular weight is 329 g/mol. The van der Waals surface area contributed by atoms with Crippen LogP contribution in [0.15, 0.2) is 23.3 Å². The number of imidazole rings is 1. The van der Waals surface area contributed by atoms with Gasteiger partial charge in [-0.3, -0.25) is 14.3 Å². The van der Waals surface area contributed by atoms with Gasteiger partial charge < -0.3 is 24.8 Å². The number of nitrogens with zero attached hydrogens (tertiary/aromatic N) is 3. The minimum absolute atomic E-state index is 0.0326. The predicted molar refractivity (Wildman–Crippen MR) is 79.3 cm³/mol. The maximum absolute atomic E-state index is 11.7. The number of aromatic amines is 1. The molecular formula is C11H16N5O5P. The van der Waals surface area contributed by atoms with E-state index in [1.54, 1.807) is 11.5 Å². The first-order chi connectivity index (χ1) is 10.2. The molecule has 1 unspecified atom stereocenters. The highest BCUT2D eigenvalue weighted by molar-refractivity contribution is 7.51. The Morgan fingerprint density at radius 2 is 2.32 bits per heavy atom. The Morgan fingerprint density at radius 1 is 1.64 bits per heavy atom. The van der Waals surface area contributed by atoms with E-state index in [4.69, 9.17) is 20.3 Å². The maximum Gasteiger partial charge on any atom is 0.350 e. The Labute approximate surface area is 124 Å². The van der Waals surface area contributed by atoms with E-state index in [-0.39, 0.29) is 24.1 Å². The van der Waals surface area contributed by atoms with E-state index in [0.717, 1.165) is 0 Å². The van der Waals surface area contributed by atoms with E-state index in [1.807, 2.05) is 0 Å². The van der Waals surface area contributed by atoms with Gasteiger partial charge in [0.15, 0.2) is 11.2 Å². The van der Waals surface area contributed by atoms with Gasteiger partial charge >= 0.3 is 7.60 Å². The molecule has 0 fully saturated rings. The minimum atomic E-state index is -4.22. The van der Waals surface area contributed by atoms with Crippen LogP contribution in [0.2, 0.25) is 0 Å². The van der Waals surface area contributed by atoms with Crippen molar-refractivity contribution in [1.82, 2.24) is 19.5 Å². The Morgan fingerprint density at radius 3 is 2.95 bits per heavy atom. The summed E-state index contributed by atoms with van der Waals surface area (Å²) in [5.41, 5.74) is 6.04. The van der Waals surface area contributed by atoms with Crippen molar-refractivity contribution in [1.29, 1.82) is 0 Å². The molecule has 0 aliphatic heterocycles. The van der Waals surface area contributed by atoms with Crippen molar-refractivity contribution < 1.29 is 19.1 Å². The standard InChI is InChI=1S/C11H16N5O5P/c1-6(3-21-5-22(18,19)20)7(2)16-4-13-8-9(16)14-11(12)15-10(8)17/h4,7H,1,3,5H2,2H3,(H2,18,19,20)(H3,12,14,15,17). The van der Waals surface area contributed by atoms with E-state index in [2.05, 4.69) is 21.5 Å². The van der Waals surface area contributed by atoms with Gasteiger partial charge in [0, 0.05) is 0 Å². The summed E-state index contributed by atoms with van der Waals surface area (Å²) in [6.07, 6.45) is 0.736. The molecule has 0 aliphatic rings. The van der Waals surface area contributed by atoms with Crippen LogP contribution in [0.1, 0.15) is 13.0 Å². The summed E-state index contributed by atoms with van der Waals surface area (Å²) in [5, 5.41) is 0. The lowest BCUT2D eigenvalue weighted by Gasteiger charge is -2.17. The van der Waals surface area contributed by atoms with Crippen LogP contribution < -0.4 is 11.3 Å². The number of hydrogen-bond donors (Lipinski definition) is 4. The Kier molecular flexibility index (Phi) is 4.47. The van der Waals surface area contributed by atoms with Gasteiger partial charge in [0.1, 0.15) is 6.35 Å². The third-order valence-corrected chi connectivity index (χ3v) is 3.52. The zero-order valence-corrected chi connectivity index (χ0v) is 12.7. The van der Waals surface area contributed by atoms with Gasteiger partial charge in [0.25, 0.3) is 5.56 Å². The molecule has 0 aromatic carbocycles. The van der Waals surface area contributed by atoms with Crippen molar-refractivity contribution in [3.63, 3.8) is 0 Å². The van der Waals surface area contributed by atoms with E-state index in [0.29, 0.717) is 11.2 Å². The summed E-state index contributed by atoms with van der Waals surface area (Å²) in [5.74, 6) is -0.0326. The fourth-order valence-corrected chi connectivity index (χ4v) is 2.17. The van der Waals surface area contributed by atoms with E-state index in [1.165, 1.54) is 6.33 Å². The highest BCUT2D eigenvalue weighted by atomic mass is 31.2. The minimum Gasteiger partial charge on any atom is -0.369 e. The SMILES string of the molecule is C=C(COCP(=O)(O)O)C(C)n1cnc2c(=O)[nH]c(N)nc21. The zero-order chi connectivity index (χ0) is 16.5. The number of nitrogen functional groups attached to an aromatic ring is 1. The second-order valence-electron chi connectivity index (χ2n) is 4.75. The number of aromatic nitrogens is 4. The molecule has 2 rings (SSSR count). The van der Waals surface area contributed by atoms with Crippen LogP contribution in [-0.4, -0.2) is 42.3 Å². The largest absolute Gasteiger partial charge is 0.369 e. The normalized spacial score (nSPS) is 13.4. The summed E-state index contributed by atoms with van der Waals surface area (Å²) in [4.78, 5) is 39.5. The molecule has 5 N–H and O–H groups in total. The lowest BCUT2D eigenvalue weighted by atomic mass is 10.1. The smallest absolute Gasteiger partial charge is 0.350 e. The number of fused-ring (bicyclic) bond motifs is 1. The molecular weight excluding hydrogens is 313 g/mol. The zero-order valence-electron chi connectivity index (χ0n) is 11.8. The van der Waals surface area contributed by atoms with Gasteiger partial charge in [-0.25, -0.2) is 4.98 Å². The van der Waals surface area contributed by atoms with E-state index in [9.17, 15) is 9.36 Å². The predicted octanol–water partition coefficient (Wildman–Crippen LogP) is -0.0292. The first-order valence-electron chi connectivity index (χ1n) is 6.21. The van der Waals surface area contributed by atoms with Crippen molar-refractivity contribution >= 4 is 24.7 Å². The third-order valence-electron chi connectivity index (χ3n) is 3.01. The molecule has 0 radical (unpaired) electrons. The van der Waals surface area contributed by atoms with Crippen molar-refractivity contribution in [2.24, 2.45) is 0 Å². The molecule has 0 bridgehead atoms. The van der Waals surface area contributed by atoms with Crippen LogP contribution in [0.5, 0.6) is 0 Å². The monoisotopic (exact) mass is 329 g/mol. The van der Waals surface area contributed by atoms with Gasteiger partial charge in [-0.2, -0.15) is 4.98 Å². The van der Waals surface area contributed by atoms with E-state index >= 15 is 0 Å². The fraction of sp³-hybridized carbons (Fsp3) is 0.364. The molecule has 0 saturated heterocycles. The van der Waals surface area contributed by atoms with Crippen LogP contribution >= 0.6 is 7.60 Å². The van der Waals surface area contributed by atoms with Crippen molar-refractivity contribution in [3.8, 4) is 0 Å². The summed E-state index contributed by atoms with van der Waals surface area (Å²) in [7, 11) is -4.22. The van der Waals surface area contributed by atoms with Gasteiger partial charge in [-0.1, -0.05) is 6.58 Å². The molecule has 2 aromatic heterocycles. The van der Waals surface area contributed by atoms with Gasteiger partial charge in [0.2, 0.25) is 5.95 Å². The summed E-state index contributed by atoms with van der Waals surface area (Å²) in [6, 6.07) is -0.351. The number of hydrogen-bond acceptors (Lipinski definition) is 6. The second-order valence-corrected chi connectivity index (χ2v) is 6.34. The Balaban J connectivity index is 2.19. The van der Waals surface area contributed by atoms with Gasteiger partial charge in [-0.05, 0) is 12.5 Å². The molecule has 0 spiro atoms. The molecule has 11 heteroatoms. The first kappa shape index (κ1) is 16.4. The van der Waals surface area contributed by atoms with Crippen LogP contribution in [0, 0.1) is 0 Å². The summed E-state index contributed by atoms with van der Waals surface area (Å²) >= 11 is 0. The molecule has 0 saturated carbocycles. The molecule has 0 aliphatic carbocycles. The van der Waals surface area contributed by atoms with Gasteiger partial charge in [0.05, 0.1) is 19.0 Å². The highest BCUT2D eigenvalue weighted by Gasteiger charge is 2.18. The lowest BCUT2D eigenvalue weighted by Crippen LogP contribution is -2.15. The molecule has 2 heterocycles. The Bertz CT molecular complexity index is 807. The van der Waals surface area contributed by atoms with Crippen molar-refractivity contribution in [3.05, 3.63) is 28.8 Å². The van der Waals surface area contributed by atoms with Crippen molar-refractivity contribution in [2.75, 3.05) is 18.7 Å². The Hall–Kier alpha value is -2.00. The molecule has 10 nitrogen and oxygen atoms in total. The fourth-order valence-electron chi connectivity index (χ4n) is 1.84. The molecule has 22 heavy (non-hydrogen) atoms. The van der Waals surface area contributed by atoms with Gasteiger partial charge in [-0.15, -0.1) is 0 Å². The number of nitrogens with two attached hydrogens (primary N) is 1. The van der Waals surface area contributed by atoms with Crippen LogP contribution in [-0.2, 0) is 9.30 Å². The third kappa shape index (κ3) is 3.60. The van der Waals surface area contributed by atoms with Crippen LogP contribution in [0.25, 0.3) is 11.2 Å². The molecule has 0 amide bonds. The molecule has 1 atom stereocenters. The quantitative estimate of drug-likeness (QED) is 0.425. The van der Waals surface area contributed by atoms with Crippen LogP contribution in [0.4, 0.5) is 5.95 Å². The second kappa shape index (κ2) is 6.01. The first-order valence-corrected chi connectivity index (χ1v) is 8.01. The average Bonchev–Trinajstić information content (AvgIpc) is 2.80. The molecule has 120 valence electrons. The number of rotatable bonds is 6. The summed E-state index contributed by atoms with van der Waals surface area (Å²) < 4.78 is 17.2. The number of ether oxygens (including phenoxy) is 1. The maximum atomic E-state index is 11.7.